The van der Waals surface area contributed by atoms with Gasteiger partial charge in [-0.15, -0.1) is 4.37 Å². The first-order valence-electron chi connectivity index (χ1n) is 5.69. The standard InChI is InChI=1S/C10H19N3O3S2/c1-8(3-4-18(2)15)11-5-9(14)7-16-10-6-12-17-13-10/h6,8-9,11,14H,3-5,7H2,1-2H3. The van der Waals surface area contributed by atoms with Gasteiger partial charge in [0.2, 0.25) is 5.88 Å². The van der Waals surface area contributed by atoms with E-state index in [-0.39, 0.29) is 12.6 Å². The number of nitrogens with one attached hydrogen (secondary N) is 1. The number of hydrogen-bond acceptors (Lipinski definition) is 7. The van der Waals surface area contributed by atoms with Gasteiger partial charge in [-0.25, -0.2) is 0 Å². The Morgan fingerprint density at radius 1 is 1.67 bits per heavy atom. The number of nitrogens with zero attached hydrogens (tertiary/aromatic N) is 2. The summed E-state index contributed by atoms with van der Waals surface area (Å²) in [4.78, 5) is 0. The lowest BCUT2D eigenvalue weighted by Gasteiger charge is -2.16. The van der Waals surface area contributed by atoms with Gasteiger partial charge in [0.1, 0.15) is 18.9 Å². The molecule has 2 N–H and O–H groups in total. The Bertz CT molecular complexity index is 348. The number of rotatable bonds is 9. The minimum atomic E-state index is -0.765. The molecule has 0 fully saturated rings. The molecule has 0 bridgehead atoms. The van der Waals surface area contributed by atoms with Crippen LogP contribution in [0, 0.1) is 0 Å². The highest BCUT2D eigenvalue weighted by molar-refractivity contribution is 7.84. The minimum Gasteiger partial charge on any atom is -0.473 e. The smallest absolute Gasteiger partial charge is 0.245 e. The summed E-state index contributed by atoms with van der Waals surface area (Å²) in [6, 6.07) is 0.226. The van der Waals surface area contributed by atoms with Crippen LogP contribution in [0.3, 0.4) is 0 Å². The van der Waals surface area contributed by atoms with E-state index in [0.29, 0.717) is 18.2 Å². The van der Waals surface area contributed by atoms with Crippen molar-refractivity contribution in [2.24, 2.45) is 0 Å². The van der Waals surface area contributed by atoms with E-state index < -0.39 is 16.9 Å². The summed E-state index contributed by atoms with van der Waals surface area (Å²) < 4.78 is 23.8. The fourth-order valence-electron chi connectivity index (χ4n) is 1.24. The zero-order valence-electron chi connectivity index (χ0n) is 10.5. The van der Waals surface area contributed by atoms with Crippen LogP contribution in [0.5, 0.6) is 5.88 Å². The number of hydrogen-bond donors (Lipinski definition) is 2. The van der Waals surface area contributed by atoms with Gasteiger partial charge in [-0.3, -0.25) is 4.21 Å². The molecule has 3 unspecified atom stereocenters. The van der Waals surface area contributed by atoms with Gasteiger partial charge >= 0.3 is 0 Å². The van der Waals surface area contributed by atoms with Crippen LogP contribution in [0.25, 0.3) is 0 Å². The molecule has 3 atom stereocenters. The van der Waals surface area contributed by atoms with Crippen molar-refractivity contribution in [1.82, 2.24) is 14.1 Å². The van der Waals surface area contributed by atoms with Gasteiger partial charge in [0.05, 0.1) is 11.7 Å². The number of ether oxygens (including phenoxy) is 1. The normalized spacial score (nSPS) is 16.2. The maximum absolute atomic E-state index is 10.9. The Labute approximate surface area is 114 Å². The molecule has 1 aromatic rings. The molecule has 8 heteroatoms. The van der Waals surface area contributed by atoms with Crippen LogP contribution in [-0.2, 0) is 10.8 Å². The number of aliphatic hydroxyl groups excluding tert-OH is 1. The van der Waals surface area contributed by atoms with E-state index in [2.05, 4.69) is 14.1 Å². The van der Waals surface area contributed by atoms with Crippen LogP contribution in [0.2, 0.25) is 0 Å². The molecule has 0 aliphatic carbocycles. The highest BCUT2D eigenvalue weighted by atomic mass is 32.2. The maximum atomic E-state index is 10.9. The Hall–Kier alpha value is -0.570. The minimum absolute atomic E-state index is 0.185. The molecular formula is C10H19N3O3S2. The van der Waals surface area contributed by atoms with Crippen molar-refractivity contribution < 1.29 is 14.1 Å². The van der Waals surface area contributed by atoms with Crippen molar-refractivity contribution in [3.63, 3.8) is 0 Å². The first kappa shape index (κ1) is 15.5. The first-order valence-corrected chi connectivity index (χ1v) is 8.15. The second-order valence-electron chi connectivity index (χ2n) is 4.09. The van der Waals surface area contributed by atoms with Crippen molar-refractivity contribution in [2.45, 2.75) is 25.5 Å². The van der Waals surface area contributed by atoms with E-state index in [0.717, 1.165) is 18.1 Å². The van der Waals surface area contributed by atoms with Crippen LogP contribution < -0.4 is 10.1 Å². The quantitative estimate of drug-likeness (QED) is 0.668. The van der Waals surface area contributed by atoms with E-state index in [1.54, 1.807) is 6.26 Å². The average Bonchev–Trinajstić information content (AvgIpc) is 2.84. The molecule has 0 spiro atoms. The van der Waals surface area contributed by atoms with Crippen molar-refractivity contribution in [3.8, 4) is 5.88 Å². The highest BCUT2D eigenvalue weighted by Crippen LogP contribution is 2.05. The van der Waals surface area contributed by atoms with Gasteiger partial charge in [0, 0.05) is 35.4 Å². The zero-order valence-corrected chi connectivity index (χ0v) is 12.2. The summed E-state index contributed by atoms with van der Waals surface area (Å²) in [5.41, 5.74) is 0. The first-order chi connectivity index (χ1) is 8.58. The Morgan fingerprint density at radius 3 is 3.06 bits per heavy atom. The van der Waals surface area contributed by atoms with E-state index in [1.165, 1.54) is 6.20 Å². The average molecular weight is 293 g/mol. The summed E-state index contributed by atoms with van der Waals surface area (Å²) in [7, 11) is -0.765. The summed E-state index contributed by atoms with van der Waals surface area (Å²) in [5, 5.41) is 12.9. The predicted molar refractivity (Wildman–Crippen MR) is 72.4 cm³/mol. The topological polar surface area (TPSA) is 84.3 Å². The summed E-state index contributed by atoms with van der Waals surface area (Å²) in [6.07, 6.45) is 3.44. The molecule has 18 heavy (non-hydrogen) atoms. The SMILES string of the molecule is CC(CCS(C)=O)NCC(O)COc1cnsn1. The fraction of sp³-hybridized carbons (Fsp3) is 0.800. The molecule has 6 nitrogen and oxygen atoms in total. The molecule has 0 aliphatic rings. The van der Waals surface area contributed by atoms with Crippen LogP contribution in [0.1, 0.15) is 13.3 Å². The summed E-state index contributed by atoms with van der Waals surface area (Å²) in [5.74, 6) is 1.11. The molecule has 1 rings (SSSR count). The Kier molecular flexibility index (Phi) is 7.33. The lowest BCUT2D eigenvalue weighted by Crippen LogP contribution is -2.37. The van der Waals surface area contributed by atoms with Gasteiger partial charge < -0.3 is 15.2 Å². The second-order valence-corrected chi connectivity index (χ2v) is 6.20. The van der Waals surface area contributed by atoms with E-state index >= 15 is 0 Å². The molecule has 0 aliphatic heterocycles. The van der Waals surface area contributed by atoms with Crippen LogP contribution in [0.15, 0.2) is 6.20 Å². The van der Waals surface area contributed by atoms with Gasteiger partial charge in [-0.2, -0.15) is 4.37 Å². The number of aliphatic hydroxyl groups is 1. The van der Waals surface area contributed by atoms with E-state index in [4.69, 9.17) is 4.74 Å². The Balaban J connectivity index is 2.08. The van der Waals surface area contributed by atoms with Crippen molar-refractivity contribution in [2.75, 3.05) is 25.2 Å². The van der Waals surface area contributed by atoms with Gasteiger partial charge in [0.25, 0.3) is 0 Å². The monoisotopic (exact) mass is 293 g/mol. The summed E-state index contributed by atoms with van der Waals surface area (Å²) in [6.45, 7) is 2.63. The van der Waals surface area contributed by atoms with Crippen LogP contribution in [-0.4, -0.2) is 55.4 Å². The van der Waals surface area contributed by atoms with Crippen molar-refractivity contribution >= 4 is 22.5 Å². The van der Waals surface area contributed by atoms with Crippen molar-refractivity contribution in [3.05, 3.63) is 6.20 Å². The molecule has 0 radical (unpaired) electrons. The zero-order chi connectivity index (χ0) is 13.4. The fourth-order valence-corrected chi connectivity index (χ4v) is 2.29. The third kappa shape index (κ3) is 7.00. The molecule has 0 aromatic carbocycles. The largest absolute Gasteiger partial charge is 0.473 e. The van der Waals surface area contributed by atoms with Gasteiger partial charge in [-0.1, -0.05) is 0 Å². The molecule has 1 aromatic heterocycles. The molecule has 0 saturated heterocycles. The maximum Gasteiger partial charge on any atom is 0.245 e. The molecular weight excluding hydrogens is 274 g/mol. The highest BCUT2D eigenvalue weighted by Gasteiger charge is 2.09. The molecule has 104 valence electrons. The summed E-state index contributed by atoms with van der Waals surface area (Å²) >= 11 is 1.07. The third-order valence-corrected chi connectivity index (χ3v) is 3.58. The second kappa shape index (κ2) is 8.52. The molecule has 0 amide bonds. The third-order valence-electron chi connectivity index (χ3n) is 2.30. The van der Waals surface area contributed by atoms with Crippen molar-refractivity contribution in [1.29, 1.82) is 0 Å². The van der Waals surface area contributed by atoms with Gasteiger partial charge in [-0.05, 0) is 13.3 Å². The van der Waals surface area contributed by atoms with Crippen LogP contribution in [0.4, 0.5) is 0 Å². The van der Waals surface area contributed by atoms with Crippen LogP contribution >= 0.6 is 11.7 Å². The lowest BCUT2D eigenvalue weighted by molar-refractivity contribution is 0.102. The van der Waals surface area contributed by atoms with Gasteiger partial charge in [0.15, 0.2) is 0 Å². The molecule has 0 saturated carbocycles. The van der Waals surface area contributed by atoms with E-state index in [9.17, 15) is 9.32 Å². The number of aromatic nitrogens is 2. The predicted octanol–water partition coefficient (Wildman–Crippen LogP) is 0.0245. The molecule has 1 heterocycles. The Morgan fingerprint density at radius 2 is 2.44 bits per heavy atom. The van der Waals surface area contributed by atoms with E-state index in [1.807, 2.05) is 6.92 Å². The lowest BCUT2D eigenvalue weighted by atomic mass is 10.2.